The quantitative estimate of drug-likeness (QED) is 0.0273. The van der Waals surface area contributed by atoms with Gasteiger partial charge in [0.15, 0.2) is 0 Å². The summed E-state index contributed by atoms with van der Waals surface area (Å²) in [5.41, 5.74) is 0. The molecule has 0 rings (SSSR count). The number of unbranched alkanes of at least 4 members (excludes halogenated alkanes) is 12. The Labute approximate surface area is 393 Å². The Balaban J connectivity index is 4.43. The van der Waals surface area contributed by atoms with Crippen LogP contribution in [0.3, 0.4) is 0 Å². The van der Waals surface area contributed by atoms with Crippen molar-refractivity contribution in [3.05, 3.63) is 122 Å². The number of rotatable bonds is 43. The molecule has 0 aromatic carbocycles. The van der Waals surface area contributed by atoms with Gasteiger partial charge in [-0.1, -0.05) is 180 Å². The summed E-state index contributed by atoms with van der Waals surface area (Å²) in [7, 11) is 1.20. The summed E-state index contributed by atoms with van der Waals surface area (Å²) in [4.78, 5) is 25.4. The molecular weight excluding hydrogens is 816 g/mol. The lowest BCUT2D eigenvalue weighted by Gasteiger charge is -2.29. The number of hydrogen-bond donors (Lipinski definition) is 2. The number of phosphoric ester groups is 1. The van der Waals surface area contributed by atoms with Gasteiger partial charge in [0, 0.05) is 6.42 Å². The predicted octanol–water partition coefficient (Wildman–Crippen LogP) is 14.0. The third-order valence-electron chi connectivity index (χ3n) is 10.1. The van der Waals surface area contributed by atoms with Crippen molar-refractivity contribution in [3.63, 3.8) is 0 Å². The van der Waals surface area contributed by atoms with Crippen LogP contribution in [0, 0.1) is 0 Å². The van der Waals surface area contributed by atoms with Gasteiger partial charge in [-0.15, -0.1) is 0 Å². The standard InChI is InChI=1S/C55H93N2O6P/c1-6-8-10-12-14-16-18-20-22-23-24-25-26-27-28-29-30-31-32-33-35-37-39-41-43-45-47-49-55(59)56-53(52-63-64(60,61)62-51-50-57(3,4)5)54(58)48-46-44-42-40-38-36-34-21-19-17-15-13-11-9-7-2/h8,10,14,16,19-22,24-25,27-28,30-31,33,35,38,40,46,48,53-54,58H,6-7,9,11-13,15,17-18,23,26,29,32,34,36-37,39,41-45,47,49-52H2,1-5H3,(H-,56,59,60,61)/b10-8-,16-14-,21-19+,22-20-,25-24-,28-27-,31-30-,35-33-,40-38+,48-46+. The number of nitrogens with one attached hydrogen (secondary N) is 1. The number of nitrogens with zero attached hydrogens (tertiary/aromatic N) is 1. The van der Waals surface area contributed by atoms with E-state index in [1.54, 1.807) is 6.08 Å². The summed E-state index contributed by atoms with van der Waals surface area (Å²) in [6, 6.07) is -0.929. The van der Waals surface area contributed by atoms with Gasteiger partial charge in [-0.05, 0) is 103 Å². The van der Waals surface area contributed by atoms with Gasteiger partial charge in [0.05, 0.1) is 39.9 Å². The van der Waals surface area contributed by atoms with Gasteiger partial charge in [0.2, 0.25) is 5.91 Å². The van der Waals surface area contributed by atoms with Gasteiger partial charge in [0.1, 0.15) is 13.2 Å². The molecule has 364 valence electrons. The molecule has 0 aliphatic heterocycles. The molecule has 0 bridgehead atoms. The van der Waals surface area contributed by atoms with E-state index in [-0.39, 0.29) is 12.5 Å². The highest BCUT2D eigenvalue weighted by molar-refractivity contribution is 7.45. The smallest absolute Gasteiger partial charge is 0.268 e. The van der Waals surface area contributed by atoms with Crippen LogP contribution in [0.2, 0.25) is 0 Å². The number of allylic oxidation sites excluding steroid dienone is 19. The summed E-state index contributed by atoms with van der Waals surface area (Å²) in [5.74, 6) is -0.237. The third-order valence-corrected chi connectivity index (χ3v) is 11.1. The van der Waals surface area contributed by atoms with Crippen LogP contribution in [0.5, 0.6) is 0 Å². The van der Waals surface area contributed by atoms with Crippen LogP contribution in [0.1, 0.15) is 168 Å². The number of hydrogen-bond acceptors (Lipinski definition) is 6. The van der Waals surface area contributed by atoms with Crippen LogP contribution in [-0.4, -0.2) is 68.5 Å². The highest BCUT2D eigenvalue weighted by Crippen LogP contribution is 2.38. The van der Waals surface area contributed by atoms with Crippen molar-refractivity contribution in [1.82, 2.24) is 5.32 Å². The molecule has 0 heterocycles. The van der Waals surface area contributed by atoms with Crippen LogP contribution in [-0.2, 0) is 18.4 Å². The van der Waals surface area contributed by atoms with Crippen molar-refractivity contribution in [2.24, 2.45) is 0 Å². The molecule has 2 N–H and O–H groups in total. The molecule has 0 aliphatic rings. The van der Waals surface area contributed by atoms with Crippen LogP contribution in [0.4, 0.5) is 0 Å². The number of carbonyl (C=O) groups is 1. The van der Waals surface area contributed by atoms with E-state index in [0.29, 0.717) is 17.4 Å². The van der Waals surface area contributed by atoms with E-state index in [9.17, 15) is 19.4 Å². The topological polar surface area (TPSA) is 108 Å². The minimum absolute atomic E-state index is 0.0205. The summed E-state index contributed by atoms with van der Waals surface area (Å²) in [6.07, 6.45) is 66.8. The Kier molecular flexibility index (Phi) is 42.9. The number of quaternary nitrogens is 1. The zero-order valence-corrected chi connectivity index (χ0v) is 42.1. The Hall–Kier alpha value is -3.10. The largest absolute Gasteiger partial charge is 0.756 e. The van der Waals surface area contributed by atoms with E-state index in [0.717, 1.165) is 116 Å². The van der Waals surface area contributed by atoms with Gasteiger partial charge >= 0.3 is 0 Å². The monoisotopic (exact) mass is 909 g/mol. The molecule has 0 saturated heterocycles. The number of aliphatic hydroxyl groups excluding tert-OH is 1. The summed E-state index contributed by atoms with van der Waals surface area (Å²) < 4.78 is 23.2. The normalized spacial score (nSPS) is 15.2. The maximum Gasteiger partial charge on any atom is 0.268 e. The fourth-order valence-electron chi connectivity index (χ4n) is 6.22. The second kappa shape index (κ2) is 45.1. The number of phosphoric acid groups is 1. The molecule has 1 amide bonds. The zero-order valence-electron chi connectivity index (χ0n) is 41.2. The molecule has 8 nitrogen and oxygen atoms in total. The SMILES string of the molecule is CC/C=C\C/C=C\C/C=C\C/C=C\C/C=C\C/C=C\C/C=C\CCCCCCCC(=O)NC(COP(=O)([O-])OCC[N+](C)(C)C)C(O)/C=C/CC/C=C/CC/C=C/CCCCCCC. The van der Waals surface area contributed by atoms with Crippen LogP contribution in [0.25, 0.3) is 0 Å². The van der Waals surface area contributed by atoms with E-state index in [1.807, 2.05) is 27.2 Å². The minimum Gasteiger partial charge on any atom is -0.756 e. The third kappa shape index (κ3) is 46.9. The van der Waals surface area contributed by atoms with Gasteiger partial charge in [0.25, 0.3) is 7.82 Å². The molecular formula is C55H93N2O6P. The molecule has 0 radical (unpaired) electrons. The molecule has 0 spiro atoms. The van der Waals surface area contributed by atoms with E-state index in [2.05, 4.69) is 129 Å². The van der Waals surface area contributed by atoms with Crippen molar-refractivity contribution in [2.75, 3.05) is 40.9 Å². The second-order valence-electron chi connectivity index (χ2n) is 17.4. The first-order valence-electron chi connectivity index (χ1n) is 24.9. The van der Waals surface area contributed by atoms with E-state index < -0.39 is 26.6 Å². The van der Waals surface area contributed by atoms with Gasteiger partial charge in [-0.2, -0.15) is 0 Å². The highest BCUT2D eigenvalue weighted by atomic mass is 31.2. The number of amides is 1. The average Bonchev–Trinajstić information content (AvgIpc) is 3.25. The van der Waals surface area contributed by atoms with Gasteiger partial charge < -0.3 is 28.8 Å². The number of carbonyl (C=O) groups excluding carboxylic acids is 1. The molecule has 0 aromatic rings. The first kappa shape index (κ1) is 60.9. The Morgan fingerprint density at radius 1 is 0.562 bits per heavy atom. The van der Waals surface area contributed by atoms with Gasteiger partial charge in [-0.3, -0.25) is 9.36 Å². The molecule has 64 heavy (non-hydrogen) atoms. The molecule has 0 saturated carbocycles. The van der Waals surface area contributed by atoms with E-state index in [1.165, 1.54) is 32.1 Å². The molecule has 0 fully saturated rings. The Morgan fingerprint density at radius 3 is 1.45 bits per heavy atom. The van der Waals surface area contributed by atoms with Crippen LogP contribution in [0.15, 0.2) is 122 Å². The first-order chi connectivity index (χ1) is 31.0. The van der Waals surface area contributed by atoms with Crippen molar-refractivity contribution >= 4 is 13.7 Å². The highest BCUT2D eigenvalue weighted by Gasteiger charge is 2.23. The minimum atomic E-state index is -4.62. The van der Waals surface area contributed by atoms with Crippen LogP contribution >= 0.6 is 7.82 Å². The van der Waals surface area contributed by atoms with Crippen LogP contribution < -0.4 is 10.2 Å². The second-order valence-corrected chi connectivity index (χ2v) is 18.8. The lowest BCUT2D eigenvalue weighted by atomic mass is 10.1. The molecule has 0 aromatic heterocycles. The predicted molar refractivity (Wildman–Crippen MR) is 274 cm³/mol. The Bertz CT molecular complexity index is 1450. The number of aliphatic hydroxyl groups is 1. The lowest BCUT2D eigenvalue weighted by molar-refractivity contribution is -0.870. The maximum absolute atomic E-state index is 12.9. The van der Waals surface area contributed by atoms with Crippen molar-refractivity contribution in [2.45, 2.75) is 180 Å². The summed E-state index contributed by atoms with van der Waals surface area (Å²) in [5, 5.41) is 13.8. The molecule has 3 unspecified atom stereocenters. The van der Waals surface area contributed by atoms with E-state index >= 15 is 0 Å². The lowest BCUT2D eigenvalue weighted by Crippen LogP contribution is -2.45. The van der Waals surface area contributed by atoms with Crippen molar-refractivity contribution in [3.8, 4) is 0 Å². The fourth-order valence-corrected chi connectivity index (χ4v) is 6.94. The fraction of sp³-hybridized carbons (Fsp3) is 0.618. The molecule has 3 atom stereocenters. The van der Waals surface area contributed by atoms with Crippen molar-refractivity contribution < 1.29 is 32.9 Å². The maximum atomic E-state index is 12.9. The first-order valence-corrected chi connectivity index (χ1v) is 26.4. The summed E-state index contributed by atoms with van der Waals surface area (Å²) in [6.45, 7) is 4.44. The Morgan fingerprint density at radius 2 is 0.969 bits per heavy atom. The zero-order chi connectivity index (χ0) is 47.1. The molecule has 0 aliphatic carbocycles. The molecule has 9 heteroatoms. The van der Waals surface area contributed by atoms with Crippen molar-refractivity contribution in [1.29, 1.82) is 0 Å². The van der Waals surface area contributed by atoms with Gasteiger partial charge in [-0.25, -0.2) is 0 Å². The van der Waals surface area contributed by atoms with E-state index in [4.69, 9.17) is 9.05 Å². The number of likely N-dealkylation sites (N-methyl/N-ethyl adjacent to an activating group) is 1. The average molecular weight is 909 g/mol. The summed E-state index contributed by atoms with van der Waals surface area (Å²) >= 11 is 0.